The molecular weight excluding hydrogens is 172 g/mol. The Hall–Kier alpha value is -1.52. The van der Waals surface area contributed by atoms with Gasteiger partial charge in [-0.2, -0.15) is 0 Å². The minimum atomic E-state index is -1.07. The standard InChI is InChI=1S/C8H14N2O3/c1-4-5(2)9-8(13)10-6(3)7(11)12/h4-6H,1H2,2-3H3,(H,11,12)(H2,9,10,13)/t5?,6-/m0/s1. The summed E-state index contributed by atoms with van der Waals surface area (Å²) >= 11 is 0. The van der Waals surface area contributed by atoms with E-state index in [-0.39, 0.29) is 6.04 Å². The first-order valence-electron chi connectivity index (χ1n) is 3.89. The number of carbonyl (C=O) groups excluding carboxylic acids is 1. The zero-order chi connectivity index (χ0) is 10.4. The molecule has 0 saturated carbocycles. The van der Waals surface area contributed by atoms with Crippen molar-refractivity contribution in [2.24, 2.45) is 0 Å². The van der Waals surface area contributed by atoms with Crippen LogP contribution in [0, 0.1) is 0 Å². The normalized spacial score (nSPS) is 14.0. The second kappa shape index (κ2) is 5.18. The van der Waals surface area contributed by atoms with Gasteiger partial charge in [0, 0.05) is 6.04 Å². The first-order chi connectivity index (χ1) is 5.97. The van der Waals surface area contributed by atoms with Crippen LogP contribution < -0.4 is 10.6 Å². The fraction of sp³-hybridized carbons (Fsp3) is 0.500. The Kier molecular flexibility index (Phi) is 4.58. The highest BCUT2D eigenvalue weighted by atomic mass is 16.4. The predicted octanol–water partition coefficient (Wildman–Crippen LogP) is 0.333. The molecule has 0 radical (unpaired) electrons. The summed E-state index contributed by atoms with van der Waals surface area (Å²) in [5.74, 6) is -1.07. The van der Waals surface area contributed by atoms with Crippen LogP contribution in [0.3, 0.4) is 0 Å². The van der Waals surface area contributed by atoms with E-state index in [0.717, 1.165) is 0 Å². The molecule has 0 aliphatic heterocycles. The van der Waals surface area contributed by atoms with Gasteiger partial charge >= 0.3 is 12.0 Å². The Bertz CT molecular complexity index is 215. The van der Waals surface area contributed by atoms with Crippen molar-refractivity contribution in [3.8, 4) is 0 Å². The minimum Gasteiger partial charge on any atom is -0.480 e. The fourth-order valence-electron chi connectivity index (χ4n) is 0.566. The molecule has 0 rings (SSSR count). The molecule has 2 amide bonds. The lowest BCUT2D eigenvalue weighted by molar-refractivity contribution is -0.138. The number of carboxylic acids is 1. The molecule has 13 heavy (non-hydrogen) atoms. The van der Waals surface area contributed by atoms with Gasteiger partial charge in [-0.1, -0.05) is 6.08 Å². The number of rotatable bonds is 4. The molecule has 3 N–H and O–H groups in total. The zero-order valence-corrected chi connectivity index (χ0v) is 7.70. The molecule has 0 saturated heterocycles. The molecule has 74 valence electrons. The van der Waals surface area contributed by atoms with E-state index in [0.29, 0.717) is 0 Å². The van der Waals surface area contributed by atoms with E-state index in [4.69, 9.17) is 5.11 Å². The number of amides is 2. The number of carboxylic acid groups (broad SMARTS) is 1. The van der Waals surface area contributed by atoms with E-state index in [9.17, 15) is 9.59 Å². The van der Waals surface area contributed by atoms with Crippen molar-refractivity contribution in [3.05, 3.63) is 12.7 Å². The number of nitrogens with one attached hydrogen (secondary N) is 2. The summed E-state index contributed by atoms with van der Waals surface area (Å²) in [5, 5.41) is 13.2. The number of carbonyl (C=O) groups is 2. The first kappa shape index (κ1) is 11.5. The Morgan fingerprint density at radius 1 is 1.38 bits per heavy atom. The highest BCUT2D eigenvalue weighted by Gasteiger charge is 2.13. The van der Waals surface area contributed by atoms with Crippen LogP contribution in [-0.2, 0) is 4.79 Å². The third-order valence-electron chi connectivity index (χ3n) is 1.43. The molecule has 0 aromatic heterocycles. The maximum Gasteiger partial charge on any atom is 0.325 e. The molecule has 5 nitrogen and oxygen atoms in total. The van der Waals surface area contributed by atoms with Crippen LogP contribution in [0.1, 0.15) is 13.8 Å². The van der Waals surface area contributed by atoms with Gasteiger partial charge in [0.15, 0.2) is 0 Å². The second-order valence-corrected chi connectivity index (χ2v) is 2.70. The van der Waals surface area contributed by atoms with Gasteiger partial charge in [0.1, 0.15) is 6.04 Å². The number of hydrogen-bond acceptors (Lipinski definition) is 2. The Labute approximate surface area is 76.8 Å². The molecule has 0 aliphatic carbocycles. The van der Waals surface area contributed by atoms with E-state index in [1.54, 1.807) is 13.0 Å². The lowest BCUT2D eigenvalue weighted by atomic mass is 10.3. The number of urea groups is 1. The van der Waals surface area contributed by atoms with Crippen LogP contribution in [-0.4, -0.2) is 29.2 Å². The summed E-state index contributed by atoms with van der Waals surface area (Å²) in [5.41, 5.74) is 0. The molecule has 0 bridgehead atoms. The van der Waals surface area contributed by atoms with Crippen molar-refractivity contribution >= 4 is 12.0 Å². The fourth-order valence-corrected chi connectivity index (χ4v) is 0.566. The van der Waals surface area contributed by atoms with Crippen LogP contribution >= 0.6 is 0 Å². The van der Waals surface area contributed by atoms with E-state index in [1.165, 1.54) is 6.92 Å². The van der Waals surface area contributed by atoms with Crippen LogP contribution in [0.4, 0.5) is 4.79 Å². The van der Waals surface area contributed by atoms with E-state index < -0.39 is 18.0 Å². The Balaban J connectivity index is 3.87. The van der Waals surface area contributed by atoms with E-state index in [1.807, 2.05) is 0 Å². The van der Waals surface area contributed by atoms with Gasteiger partial charge in [0.05, 0.1) is 0 Å². The van der Waals surface area contributed by atoms with Crippen molar-refractivity contribution in [1.82, 2.24) is 10.6 Å². The molecule has 0 spiro atoms. The van der Waals surface area contributed by atoms with Gasteiger partial charge in [-0.25, -0.2) is 4.79 Å². The SMILES string of the molecule is C=CC(C)NC(=O)N[C@@H](C)C(=O)O. The van der Waals surface area contributed by atoms with Crippen LogP contribution in [0.15, 0.2) is 12.7 Å². The van der Waals surface area contributed by atoms with Gasteiger partial charge in [-0.15, -0.1) is 6.58 Å². The summed E-state index contributed by atoms with van der Waals surface area (Å²) in [6.07, 6.45) is 1.55. The maximum absolute atomic E-state index is 11.0. The van der Waals surface area contributed by atoms with Gasteiger partial charge in [0.25, 0.3) is 0 Å². The summed E-state index contributed by atoms with van der Waals surface area (Å²) in [6.45, 7) is 6.59. The molecule has 2 atom stereocenters. The van der Waals surface area contributed by atoms with E-state index in [2.05, 4.69) is 17.2 Å². The van der Waals surface area contributed by atoms with Crippen molar-refractivity contribution < 1.29 is 14.7 Å². The lowest BCUT2D eigenvalue weighted by Gasteiger charge is -2.12. The molecule has 0 aliphatic rings. The number of hydrogen-bond donors (Lipinski definition) is 3. The maximum atomic E-state index is 11.0. The minimum absolute atomic E-state index is 0.180. The molecule has 5 heteroatoms. The van der Waals surface area contributed by atoms with Crippen molar-refractivity contribution in [2.75, 3.05) is 0 Å². The summed E-state index contributed by atoms with van der Waals surface area (Å²) in [6, 6.07) is -1.58. The van der Waals surface area contributed by atoms with Gasteiger partial charge in [-0.05, 0) is 13.8 Å². The van der Waals surface area contributed by atoms with Crippen molar-refractivity contribution in [1.29, 1.82) is 0 Å². The smallest absolute Gasteiger partial charge is 0.325 e. The highest BCUT2D eigenvalue weighted by molar-refractivity contribution is 5.82. The largest absolute Gasteiger partial charge is 0.480 e. The van der Waals surface area contributed by atoms with Crippen LogP contribution in [0.25, 0.3) is 0 Å². The second-order valence-electron chi connectivity index (χ2n) is 2.70. The third kappa shape index (κ3) is 4.84. The molecule has 0 aromatic carbocycles. The summed E-state index contributed by atoms with van der Waals surface area (Å²) in [4.78, 5) is 21.3. The Morgan fingerprint density at radius 3 is 2.31 bits per heavy atom. The molecular formula is C8H14N2O3. The third-order valence-corrected chi connectivity index (χ3v) is 1.43. The zero-order valence-electron chi connectivity index (χ0n) is 7.70. The van der Waals surface area contributed by atoms with Crippen molar-refractivity contribution in [3.63, 3.8) is 0 Å². The molecule has 0 heterocycles. The lowest BCUT2D eigenvalue weighted by Crippen LogP contribution is -2.46. The molecule has 0 fully saturated rings. The van der Waals surface area contributed by atoms with Crippen molar-refractivity contribution in [2.45, 2.75) is 25.9 Å². The summed E-state index contributed by atoms with van der Waals surface area (Å²) < 4.78 is 0. The quantitative estimate of drug-likeness (QED) is 0.554. The van der Waals surface area contributed by atoms with Crippen LogP contribution in [0.2, 0.25) is 0 Å². The summed E-state index contributed by atoms with van der Waals surface area (Å²) in [7, 11) is 0. The molecule has 0 aromatic rings. The topological polar surface area (TPSA) is 78.4 Å². The molecule has 1 unspecified atom stereocenters. The van der Waals surface area contributed by atoms with Gasteiger partial charge in [-0.3, -0.25) is 4.79 Å². The van der Waals surface area contributed by atoms with Crippen LogP contribution in [0.5, 0.6) is 0 Å². The first-order valence-corrected chi connectivity index (χ1v) is 3.89. The van der Waals surface area contributed by atoms with Gasteiger partial charge < -0.3 is 15.7 Å². The predicted molar refractivity (Wildman–Crippen MR) is 48.4 cm³/mol. The van der Waals surface area contributed by atoms with Gasteiger partial charge in [0.2, 0.25) is 0 Å². The average molecular weight is 186 g/mol. The Morgan fingerprint density at radius 2 is 1.92 bits per heavy atom. The highest BCUT2D eigenvalue weighted by Crippen LogP contribution is 1.84. The monoisotopic (exact) mass is 186 g/mol. The number of aliphatic carboxylic acids is 1. The van der Waals surface area contributed by atoms with E-state index >= 15 is 0 Å². The average Bonchev–Trinajstić information content (AvgIpc) is 2.03.